The van der Waals surface area contributed by atoms with Gasteiger partial charge in [0.15, 0.2) is 11.6 Å². The summed E-state index contributed by atoms with van der Waals surface area (Å²) in [5.41, 5.74) is 1.71. The van der Waals surface area contributed by atoms with Gasteiger partial charge in [0.05, 0.1) is 11.6 Å². The van der Waals surface area contributed by atoms with Crippen LogP contribution in [0.1, 0.15) is 37.7 Å². The Morgan fingerprint density at radius 3 is 2.50 bits per heavy atom. The molecule has 2 saturated heterocycles. The molecule has 6 heteroatoms. The van der Waals surface area contributed by atoms with Gasteiger partial charge in [-0.1, -0.05) is 6.07 Å². The van der Waals surface area contributed by atoms with Crippen LogP contribution in [0.25, 0.3) is 5.57 Å². The van der Waals surface area contributed by atoms with E-state index in [1.54, 1.807) is 0 Å². The lowest BCUT2D eigenvalue weighted by atomic mass is 9.94. The largest absolute Gasteiger partial charge is 0.324 e. The minimum atomic E-state index is -0.951. The van der Waals surface area contributed by atoms with E-state index in [1.165, 1.54) is 12.5 Å². The Bertz CT molecular complexity index is 804. The van der Waals surface area contributed by atoms with Crippen LogP contribution in [0.4, 0.5) is 13.6 Å². The third kappa shape index (κ3) is 2.96. The Kier molecular flexibility index (Phi) is 4.39. The molecule has 2 bridgehead atoms. The number of halogens is 2. The van der Waals surface area contributed by atoms with E-state index in [0.29, 0.717) is 49.0 Å². The van der Waals surface area contributed by atoms with Gasteiger partial charge in [0, 0.05) is 25.7 Å². The molecule has 26 heavy (non-hydrogen) atoms. The first-order chi connectivity index (χ1) is 12.6. The van der Waals surface area contributed by atoms with Crippen molar-refractivity contribution in [2.75, 3.05) is 19.6 Å². The number of allylic oxidation sites excluding steroid dienone is 1. The van der Waals surface area contributed by atoms with Crippen LogP contribution in [0.2, 0.25) is 0 Å². The summed E-state index contributed by atoms with van der Waals surface area (Å²) in [4.78, 5) is 16.7. The molecule has 1 aliphatic carbocycles. The number of rotatable bonds is 1. The number of benzene rings is 1. The summed E-state index contributed by atoms with van der Waals surface area (Å²) in [5.74, 6) is -1.20. The number of hydrogen-bond donors (Lipinski definition) is 0. The normalized spacial score (nSPS) is 24.7. The van der Waals surface area contributed by atoms with Crippen LogP contribution in [0.15, 0.2) is 23.8 Å². The van der Waals surface area contributed by atoms with E-state index in [9.17, 15) is 18.8 Å². The number of carbonyl (C=O) groups is 1. The van der Waals surface area contributed by atoms with Gasteiger partial charge < -0.3 is 9.80 Å². The van der Waals surface area contributed by atoms with Gasteiger partial charge in [-0.2, -0.15) is 5.26 Å². The molecule has 1 aromatic rings. The fraction of sp³-hybridized carbons (Fsp3) is 0.500. The molecule has 4 rings (SSSR count). The molecule has 1 saturated carbocycles. The van der Waals surface area contributed by atoms with Gasteiger partial charge in [-0.25, -0.2) is 13.6 Å². The van der Waals surface area contributed by atoms with Crippen LogP contribution in [-0.2, 0) is 0 Å². The summed E-state index contributed by atoms with van der Waals surface area (Å²) in [6, 6.07) is 6.20. The van der Waals surface area contributed by atoms with Crippen LogP contribution in [0.3, 0.4) is 0 Å². The molecule has 136 valence electrons. The van der Waals surface area contributed by atoms with Gasteiger partial charge in [0.2, 0.25) is 0 Å². The summed E-state index contributed by atoms with van der Waals surface area (Å²) < 4.78 is 26.6. The zero-order valence-electron chi connectivity index (χ0n) is 14.5. The summed E-state index contributed by atoms with van der Waals surface area (Å²) in [5, 5.41) is 9.50. The molecule has 0 spiro atoms. The van der Waals surface area contributed by atoms with Crippen molar-refractivity contribution >= 4 is 11.6 Å². The predicted octanol–water partition coefficient (Wildman–Crippen LogP) is 3.94. The number of nitriles is 1. The fourth-order valence-electron chi connectivity index (χ4n) is 4.56. The first-order valence-electron chi connectivity index (χ1n) is 9.20. The van der Waals surface area contributed by atoms with E-state index < -0.39 is 11.6 Å². The number of hydrogen-bond acceptors (Lipinski definition) is 2. The quantitative estimate of drug-likeness (QED) is 0.715. The van der Waals surface area contributed by atoms with E-state index in [4.69, 9.17) is 0 Å². The lowest BCUT2D eigenvalue weighted by Crippen LogP contribution is -2.48. The van der Waals surface area contributed by atoms with E-state index in [2.05, 4.69) is 6.07 Å². The highest BCUT2D eigenvalue weighted by atomic mass is 19.2. The van der Waals surface area contributed by atoms with Gasteiger partial charge >= 0.3 is 6.03 Å². The second kappa shape index (κ2) is 6.71. The summed E-state index contributed by atoms with van der Waals surface area (Å²) in [6.07, 6.45) is 4.68. The topological polar surface area (TPSA) is 47.3 Å². The number of likely N-dealkylation sites (tertiary alicyclic amines) is 2. The van der Waals surface area contributed by atoms with Crippen molar-refractivity contribution in [2.24, 2.45) is 5.92 Å². The SMILES string of the molecule is N#CC(=C1CCN(C(=O)N2C[C@@H]3CCC2C3)CC1)c1ccc(F)c(F)c1. The maximum atomic E-state index is 13.5. The first-order valence-corrected chi connectivity index (χ1v) is 9.20. The molecule has 2 heterocycles. The van der Waals surface area contributed by atoms with Crippen LogP contribution in [0.5, 0.6) is 0 Å². The van der Waals surface area contributed by atoms with Crippen molar-refractivity contribution in [1.29, 1.82) is 5.26 Å². The van der Waals surface area contributed by atoms with Crippen molar-refractivity contribution in [2.45, 2.75) is 38.1 Å². The van der Waals surface area contributed by atoms with E-state index >= 15 is 0 Å². The molecule has 2 amide bonds. The minimum Gasteiger partial charge on any atom is -0.324 e. The Morgan fingerprint density at radius 1 is 1.15 bits per heavy atom. The number of carbonyl (C=O) groups excluding carboxylic acids is 1. The number of nitrogens with zero attached hydrogens (tertiary/aromatic N) is 3. The van der Waals surface area contributed by atoms with Crippen LogP contribution < -0.4 is 0 Å². The second-order valence-corrected chi connectivity index (χ2v) is 7.47. The Labute approximate surface area is 151 Å². The molecule has 1 unspecified atom stereocenters. The highest BCUT2D eigenvalue weighted by molar-refractivity contribution is 5.80. The molecule has 4 nitrogen and oxygen atoms in total. The van der Waals surface area contributed by atoms with Crippen molar-refractivity contribution in [1.82, 2.24) is 9.80 Å². The maximum Gasteiger partial charge on any atom is 0.320 e. The third-order valence-electron chi connectivity index (χ3n) is 5.97. The summed E-state index contributed by atoms with van der Waals surface area (Å²) >= 11 is 0. The monoisotopic (exact) mass is 357 g/mol. The van der Waals surface area contributed by atoms with Gasteiger partial charge in [-0.15, -0.1) is 0 Å². The van der Waals surface area contributed by atoms with E-state index in [-0.39, 0.29) is 6.03 Å². The molecule has 0 radical (unpaired) electrons. The van der Waals surface area contributed by atoms with Gasteiger partial charge in [0.1, 0.15) is 0 Å². The average molecular weight is 357 g/mol. The molecule has 2 aliphatic heterocycles. The van der Waals surface area contributed by atoms with Gasteiger partial charge in [-0.05, 0) is 61.3 Å². The molecule has 1 aromatic carbocycles. The van der Waals surface area contributed by atoms with Crippen LogP contribution in [0, 0.1) is 28.9 Å². The standard InChI is InChI=1S/C20H21F2N3O/c21-18-4-2-15(10-19(18)22)17(11-23)14-5-7-24(8-6-14)20(26)25-12-13-1-3-16(25)9-13/h2,4,10,13,16H,1,3,5-9,12H2/t13-,16?/m1/s1. The highest BCUT2D eigenvalue weighted by Crippen LogP contribution is 2.38. The highest BCUT2D eigenvalue weighted by Gasteiger charge is 2.41. The lowest BCUT2D eigenvalue weighted by molar-refractivity contribution is 0.135. The molecule has 2 atom stereocenters. The first kappa shape index (κ1) is 17.0. The molecule has 0 N–H and O–H groups in total. The average Bonchev–Trinajstić information content (AvgIpc) is 3.29. The molecule has 3 aliphatic rings. The summed E-state index contributed by atoms with van der Waals surface area (Å²) in [6.45, 7) is 2.01. The Morgan fingerprint density at radius 2 is 1.92 bits per heavy atom. The lowest BCUT2D eigenvalue weighted by Gasteiger charge is -2.36. The molecular formula is C20H21F2N3O. The number of fused-ring (bicyclic) bond motifs is 2. The Hall–Kier alpha value is -2.42. The molecular weight excluding hydrogens is 336 g/mol. The minimum absolute atomic E-state index is 0.114. The maximum absolute atomic E-state index is 13.5. The van der Waals surface area contributed by atoms with Gasteiger partial charge in [-0.3, -0.25) is 0 Å². The number of amides is 2. The predicted molar refractivity (Wildman–Crippen MR) is 92.9 cm³/mol. The van der Waals surface area contributed by atoms with Crippen molar-refractivity contribution in [3.63, 3.8) is 0 Å². The van der Waals surface area contributed by atoms with Gasteiger partial charge in [0.25, 0.3) is 0 Å². The van der Waals surface area contributed by atoms with Crippen LogP contribution >= 0.6 is 0 Å². The molecule has 0 aromatic heterocycles. The number of piperidine rings is 2. The van der Waals surface area contributed by atoms with Crippen LogP contribution in [-0.4, -0.2) is 41.5 Å². The Balaban J connectivity index is 1.46. The summed E-state index contributed by atoms with van der Waals surface area (Å²) in [7, 11) is 0. The number of urea groups is 1. The van der Waals surface area contributed by atoms with E-state index in [1.807, 2.05) is 9.80 Å². The third-order valence-corrected chi connectivity index (χ3v) is 5.97. The second-order valence-electron chi connectivity index (χ2n) is 7.47. The zero-order valence-corrected chi connectivity index (χ0v) is 14.5. The molecule has 3 fully saturated rings. The van der Waals surface area contributed by atoms with Crippen molar-refractivity contribution < 1.29 is 13.6 Å². The van der Waals surface area contributed by atoms with Crippen molar-refractivity contribution in [3.05, 3.63) is 41.0 Å². The van der Waals surface area contributed by atoms with Crippen molar-refractivity contribution in [3.8, 4) is 6.07 Å². The fourth-order valence-corrected chi connectivity index (χ4v) is 4.56. The van der Waals surface area contributed by atoms with E-state index in [0.717, 1.165) is 37.1 Å². The smallest absolute Gasteiger partial charge is 0.320 e. The zero-order chi connectivity index (χ0) is 18.3.